The van der Waals surface area contributed by atoms with E-state index in [1.165, 1.54) is 25.1 Å². The third kappa shape index (κ3) is 1.50. The number of anilines is 1. The highest BCUT2D eigenvalue weighted by atomic mass is 15.2. The van der Waals surface area contributed by atoms with Gasteiger partial charge in [-0.05, 0) is 36.0 Å². The molecule has 2 aliphatic rings. The van der Waals surface area contributed by atoms with Crippen LogP contribution in [0.25, 0.3) is 0 Å². The van der Waals surface area contributed by atoms with E-state index in [1.54, 1.807) is 0 Å². The maximum Gasteiger partial charge on any atom is 0.0317 e. The van der Waals surface area contributed by atoms with Gasteiger partial charge < -0.3 is 5.73 Å². The molecule has 14 heavy (non-hydrogen) atoms. The lowest BCUT2D eigenvalue weighted by Crippen LogP contribution is -2.21. The van der Waals surface area contributed by atoms with Gasteiger partial charge >= 0.3 is 0 Å². The Kier molecular flexibility index (Phi) is 1.77. The summed E-state index contributed by atoms with van der Waals surface area (Å²) in [5.74, 6) is 2.05. The van der Waals surface area contributed by atoms with Crippen LogP contribution >= 0.6 is 0 Å². The molecule has 1 aliphatic carbocycles. The van der Waals surface area contributed by atoms with Crippen LogP contribution < -0.4 is 5.73 Å². The van der Waals surface area contributed by atoms with E-state index in [-0.39, 0.29) is 0 Å². The number of rotatable bonds is 2. The molecule has 0 amide bonds. The monoisotopic (exact) mass is 188 g/mol. The van der Waals surface area contributed by atoms with E-state index in [0.29, 0.717) is 0 Å². The van der Waals surface area contributed by atoms with Gasteiger partial charge in [-0.1, -0.05) is 12.1 Å². The number of hydrogen-bond donors (Lipinski definition) is 1. The molecule has 1 aromatic rings. The SMILES string of the molecule is Nc1cccc(CN2CC3CC3C2)c1. The summed E-state index contributed by atoms with van der Waals surface area (Å²) < 4.78 is 0. The van der Waals surface area contributed by atoms with E-state index in [4.69, 9.17) is 5.73 Å². The van der Waals surface area contributed by atoms with Crippen LogP contribution in [0.5, 0.6) is 0 Å². The molecule has 2 heteroatoms. The number of nitrogens with two attached hydrogens (primary N) is 1. The van der Waals surface area contributed by atoms with Crippen LogP contribution in [0.3, 0.4) is 0 Å². The molecule has 3 rings (SSSR count). The Morgan fingerprint density at radius 3 is 2.79 bits per heavy atom. The number of piperidine rings is 1. The molecule has 2 unspecified atom stereocenters. The molecule has 74 valence electrons. The molecule has 1 aliphatic heterocycles. The van der Waals surface area contributed by atoms with Crippen molar-refractivity contribution in [2.24, 2.45) is 11.8 Å². The molecular formula is C12H16N2. The fourth-order valence-electron chi connectivity index (χ4n) is 2.57. The Labute approximate surface area is 84.7 Å². The van der Waals surface area contributed by atoms with Gasteiger partial charge in [0.15, 0.2) is 0 Å². The fraction of sp³-hybridized carbons (Fsp3) is 0.500. The number of nitrogens with zero attached hydrogens (tertiary/aromatic N) is 1. The molecular weight excluding hydrogens is 172 g/mol. The molecule has 0 bridgehead atoms. The summed E-state index contributed by atoms with van der Waals surface area (Å²) in [4.78, 5) is 2.55. The van der Waals surface area contributed by atoms with Gasteiger partial charge in [0.1, 0.15) is 0 Å². The van der Waals surface area contributed by atoms with Gasteiger partial charge in [-0.2, -0.15) is 0 Å². The Bertz CT molecular complexity index is 338. The van der Waals surface area contributed by atoms with Crippen LogP contribution in [-0.4, -0.2) is 18.0 Å². The number of likely N-dealkylation sites (tertiary alicyclic amines) is 1. The van der Waals surface area contributed by atoms with Crippen molar-refractivity contribution < 1.29 is 0 Å². The van der Waals surface area contributed by atoms with E-state index in [9.17, 15) is 0 Å². The van der Waals surface area contributed by atoms with Crippen molar-refractivity contribution in [2.75, 3.05) is 18.8 Å². The highest BCUT2D eigenvalue weighted by molar-refractivity contribution is 5.40. The van der Waals surface area contributed by atoms with E-state index < -0.39 is 0 Å². The first-order valence-corrected chi connectivity index (χ1v) is 5.38. The van der Waals surface area contributed by atoms with Crippen molar-refractivity contribution in [2.45, 2.75) is 13.0 Å². The predicted molar refractivity (Wildman–Crippen MR) is 57.7 cm³/mol. The van der Waals surface area contributed by atoms with Crippen molar-refractivity contribution in [3.63, 3.8) is 0 Å². The van der Waals surface area contributed by atoms with Crippen molar-refractivity contribution >= 4 is 5.69 Å². The van der Waals surface area contributed by atoms with Crippen LogP contribution in [-0.2, 0) is 6.54 Å². The summed E-state index contributed by atoms with van der Waals surface area (Å²) in [6.45, 7) is 3.69. The van der Waals surface area contributed by atoms with Crippen LogP contribution in [0, 0.1) is 11.8 Å². The molecule has 2 fully saturated rings. The van der Waals surface area contributed by atoms with Crippen molar-refractivity contribution in [1.29, 1.82) is 0 Å². The zero-order valence-electron chi connectivity index (χ0n) is 8.32. The average molecular weight is 188 g/mol. The molecule has 0 radical (unpaired) electrons. The lowest BCUT2D eigenvalue weighted by molar-refractivity contribution is 0.297. The van der Waals surface area contributed by atoms with Gasteiger partial charge in [-0.3, -0.25) is 4.90 Å². The Hall–Kier alpha value is -1.02. The zero-order valence-corrected chi connectivity index (χ0v) is 8.32. The standard InChI is InChI=1S/C12H16N2/c13-12-3-1-2-9(4-12)6-14-7-10-5-11(10)8-14/h1-4,10-11H,5-8,13H2. The smallest absolute Gasteiger partial charge is 0.0317 e. The summed E-state index contributed by atoms with van der Waals surface area (Å²) in [5, 5.41) is 0. The minimum Gasteiger partial charge on any atom is -0.399 e. The molecule has 1 aromatic carbocycles. The van der Waals surface area contributed by atoms with Gasteiger partial charge in [0.25, 0.3) is 0 Å². The number of hydrogen-bond acceptors (Lipinski definition) is 2. The molecule has 1 heterocycles. The number of benzene rings is 1. The third-order valence-corrected chi connectivity index (χ3v) is 3.41. The zero-order chi connectivity index (χ0) is 9.54. The lowest BCUT2D eigenvalue weighted by Gasteiger charge is -2.17. The van der Waals surface area contributed by atoms with Gasteiger partial charge in [-0.15, -0.1) is 0 Å². The Balaban J connectivity index is 1.66. The maximum absolute atomic E-state index is 5.75. The summed E-state index contributed by atoms with van der Waals surface area (Å²) in [7, 11) is 0. The van der Waals surface area contributed by atoms with E-state index >= 15 is 0 Å². The molecule has 1 saturated carbocycles. The first kappa shape index (κ1) is 8.30. The second-order valence-corrected chi connectivity index (χ2v) is 4.69. The van der Waals surface area contributed by atoms with Crippen molar-refractivity contribution in [3.05, 3.63) is 29.8 Å². The molecule has 2 nitrogen and oxygen atoms in total. The molecule has 2 atom stereocenters. The minimum absolute atomic E-state index is 0.881. The Morgan fingerprint density at radius 1 is 1.29 bits per heavy atom. The van der Waals surface area contributed by atoms with Crippen LogP contribution in [0.2, 0.25) is 0 Å². The van der Waals surface area contributed by atoms with Crippen LogP contribution in [0.15, 0.2) is 24.3 Å². The van der Waals surface area contributed by atoms with Gasteiger partial charge in [0.2, 0.25) is 0 Å². The molecule has 2 N–H and O–H groups in total. The molecule has 0 aromatic heterocycles. The second kappa shape index (κ2) is 2.99. The summed E-state index contributed by atoms with van der Waals surface area (Å²) in [5.41, 5.74) is 7.98. The van der Waals surface area contributed by atoms with Crippen LogP contribution in [0.4, 0.5) is 5.69 Å². The summed E-state index contributed by atoms with van der Waals surface area (Å²) in [6.07, 6.45) is 1.48. The average Bonchev–Trinajstić information content (AvgIpc) is 2.74. The number of nitrogen functional groups attached to an aromatic ring is 1. The van der Waals surface area contributed by atoms with E-state index in [0.717, 1.165) is 24.1 Å². The number of fused-ring (bicyclic) bond motifs is 1. The van der Waals surface area contributed by atoms with Crippen molar-refractivity contribution in [3.8, 4) is 0 Å². The Morgan fingerprint density at radius 2 is 2.07 bits per heavy atom. The van der Waals surface area contributed by atoms with E-state index in [1.807, 2.05) is 12.1 Å². The second-order valence-electron chi connectivity index (χ2n) is 4.69. The van der Waals surface area contributed by atoms with Crippen molar-refractivity contribution in [1.82, 2.24) is 4.90 Å². The first-order valence-electron chi connectivity index (χ1n) is 5.38. The minimum atomic E-state index is 0.881. The van der Waals surface area contributed by atoms with Crippen LogP contribution in [0.1, 0.15) is 12.0 Å². The van der Waals surface area contributed by atoms with Gasteiger partial charge in [0.05, 0.1) is 0 Å². The third-order valence-electron chi connectivity index (χ3n) is 3.41. The summed E-state index contributed by atoms with van der Waals surface area (Å²) >= 11 is 0. The highest BCUT2D eigenvalue weighted by Gasteiger charge is 2.44. The fourth-order valence-corrected chi connectivity index (χ4v) is 2.57. The van der Waals surface area contributed by atoms with E-state index in [2.05, 4.69) is 17.0 Å². The topological polar surface area (TPSA) is 29.3 Å². The normalized spacial score (nSPS) is 30.3. The van der Waals surface area contributed by atoms with Gasteiger partial charge in [0, 0.05) is 25.3 Å². The quantitative estimate of drug-likeness (QED) is 0.716. The van der Waals surface area contributed by atoms with Gasteiger partial charge in [-0.25, -0.2) is 0 Å². The molecule has 0 spiro atoms. The highest BCUT2D eigenvalue weighted by Crippen LogP contribution is 2.45. The lowest BCUT2D eigenvalue weighted by atomic mass is 10.2. The maximum atomic E-state index is 5.75. The first-order chi connectivity index (χ1) is 6.81. The largest absolute Gasteiger partial charge is 0.399 e. The molecule has 1 saturated heterocycles. The predicted octanol–water partition coefficient (Wildman–Crippen LogP) is 1.72. The summed E-state index contributed by atoms with van der Waals surface area (Å²) in [6, 6.07) is 8.25.